The first-order chi connectivity index (χ1) is 17.0. The summed E-state index contributed by atoms with van der Waals surface area (Å²) >= 11 is 0. The molecule has 0 aromatic carbocycles. The fourth-order valence-corrected chi connectivity index (χ4v) is 6.10. The van der Waals surface area contributed by atoms with Crippen LogP contribution in [0.3, 0.4) is 0 Å². The molecule has 0 spiro atoms. The molecule has 13 unspecified atom stereocenters. The Morgan fingerprint density at radius 1 is 0.833 bits per heavy atom. The van der Waals surface area contributed by atoms with Gasteiger partial charge in [-0.2, -0.15) is 0 Å². The number of esters is 1. The Kier molecular flexibility index (Phi) is 8.89. The summed E-state index contributed by atoms with van der Waals surface area (Å²) in [7, 11) is 0. The van der Waals surface area contributed by atoms with E-state index < -0.39 is 91.4 Å². The lowest BCUT2D eigenvalue weighted by molar-refractivity contribution is -0.357. The van der Waals surface area contributed by atoms with E-state index in [-0.39, 0.29) is 38.2 Å². The second-order valence-corrected chi connectivity index (χ2v) is 10.6. The van der Waals surface area contributed by atoms with Crippen LogP contribution in [0.2, 0.25) is 0 Å². The van der Waals surface area contributed by atoms with E-state index in [0.29, 0.717) is 6.42 Å². The van der Waals surface area contributed by atoms with Gasteiger partial charge in [-0.3, -0.25) is 4.79 Å². The molecule has 208 valence electrons. The zero-order valence-corrected chi connectivity index (χ0v) is 20.1. The molecule has 13 heteroatoms. The zero-order valence-electron chi connectivity index (χ0n) is 20.1. The third kappa shape index (κ3) is 5.86. The highest BCUT2D eigenvalue weighted by Crippen LogP contribution is 2.42. The van der Waals surface area contributed by atoms with E-state index in [1.807, 2.05) is 0 Å². The molecule has 2 aliphatic carbocycles. The maximum Gasteiger partial charge on any atom is 0.302 e. The smallest absolute Gasteiger partial charge is 0.302 e. The fourth-order valence-electron chi connectivity index (χ4n) is 6.10. The Balaban J connectivity index is 1.54. The van der Waals surface area contributed by atoms with Gasteiger partial charge in [0.2, 0.25) is 0 Å². The number of hydrogen-bond donors (Lipinski definition) is 8. The normalized spacial score (nSPS) is 51.9. The van der Waals surface area contributed by atoms with Gasteiger partial charge in [0.25, 0.3) is 0 Å². The van der Waals surface area contributed by atoms with Gasteiger partial charge in [0.1, 0.15) is 43.2 Å². The van der Waals surface area contributed by atoms with Crippen LogP contribution in [-0.4, -0.2) is 138 Å². The van der Waals surface area contributed by atoms with E-state index in [9.17, 15) is 45.6 Å². The summed E-state index contributed by atoms with van der Waals surface area (Å²) in [5.74, 6) is -1.40. The third-order valence-corrected chi connectivity index (χ3v) is 8.05. The minimum Gasteiger partial charge on any atom is -0.463 e. The summed E-state index contributed by atoms with van der Waals surface area (Å²) in [6.45, 7) is 0.800. The summed E-state index contributed by atoms with van der Waals surface area (Å²) in [6, 6.07) is 0. The van der Waals surface area contributed by atoms with Crippen LogP contribution in [0, 0.1) is 11.8 Å². The van der Waals surface area contributed by atoms with Gasteiger partial charge in [0.05, 0.1) is 30.3 Å². The number of aliphatic hydroxyl groups excluding tert-OH is 8. The van der Waals surface area contributed by atoms with E-state index in [1.165, 1.54) is 6.92 Å². The number of fused-ring (bicyclic) bond motifs is 1. The minimum atomic E-state index is -1.65. The summed E-state index contributed by atoms with van der Waals surface area (Å²) in [6.07, 6.45) is -13.5. The molecule has 13 nitrogen and oxygen atoms in total. The Labute approximate surface area is 208 Å². The second kappa shape index (κ2) is 11.4. The van der Waals surface area contributed by atoms with Crippen LogP contribution in [0.4, 0.5) is 0 Å². The molecule has 2 saturated carbocycles. The van der Waals surface area contributed by atoms with Crippen molar-refractivity contribution in [1.29, 1.82) is 0 Å². The maximum absolute atomic E-state index is 11.2. The number of ether oxygens (including phenoxy) is 4. The van der Waals surface area contributed by atoms with Crippen molar-refractivity contribution in [2.45, 2.75) is 119 Å². The second-order valence-electron chi connectivity index (χ2n) is 10.6. The summed E-state index contributed by atoms with van der Waals surface area (Å²) in [5.41, 5.74) is 0. The molecule has 0 bridgehead atoms. The number of carbonyl (C=O) groups excluding carboxylic acids is 1. The van der Waals surface area contributed by atoms with Crippen molar-refractivity contribution in [3.63, 3.8) is 0 Å². The van der Waals surface area contributed by atoms with Gasteiger partial charge in [0, 0.05) is 25.7 Å². The molecule has 2 heterocycles. The van der Waals surface area contributed by atoms with Gasteiger partial charge in [0.15, 0.2) is 18.5 Å². The van der Waals surface area contributed by atoms with E-state index in [0.717, 1.165) is 0 Å². The summed E-state index contributed by atoms with van der Waals surface area (Å²) in [5, 5.41) is 82.5. The molecule has 36 heavy (non-hydrogen) atoms. The largest absolute Gasteiger partial charge is 0.463 e. The molecule has 0 radical (unpaired) electrons. The number of rotatable bonds is 5. The topological polar surface area (TPSA) is 219 Å². The SMILES string of the molecule is CC(=O)OCC1OC(OC2CC3C(O)CC(O)CC3[OH+]C2C2CC(O)C(O)C(O)C2)C(O)C(O)C1O. The van der Waals surface area contributed by atoms with Crippen molar-refractivity contribution >= 4 is 5.97 Å². The average Bonchev–Trinajstić information content (AvgIpc) is 2.81. The molecule has 0 amide bonds. The maximum atomic E-state index is 11.2. The number of carbonyl (C=O) groups is 1. The lowest BCUT2D eigenvalue weighted by Crippen LogP contribution is -2.63. The fraction of sp³-hybridized carbons (Fsp3) is 0.957. The van der Waals surface area contributed by atoms with Crippen LogP contribution in [-0.2, 0) is 19.0 Å². The molecule has 0 aromatic heterocycles. The lowest BCUT2D eigenvalue weighted by atomic mass is 9.72. The van der Waals surface area contributed by atoms with E-state index in [2.05, 4.69) is 0 Å². The quantitative estimate of drug-likeness (QED) is 0.128. The number of hydrogen-bond acceptors (Lipinski definition) is 12. The molecule has 0 aromatic rings. The van der Waals surface area contributed by atoms with Crippen molar-refractivity contribution in [2.75, 3.05) is 6.61 Å². The Morgan fingerprint density at radius 2 is 1.50 bits per heavy atom. The van der Waals surface area contributed by atoms with Crippen LogP contribution in [0.25, 0.3) is 0 Å². The predicted octanol–water partition coefficient (Wildman–Crippen LogP) is -3.96. The third-order valence-electron chi connectivity index (χ3n) is 8.05. The van der Waals surface area contributed by atoms with Crippen molar-refractivity contribution in [1.82, 2.24) is 0 Å². The van der Waals surface area contributed by atoms with E-state index in [4.69, 9.17) is 18.9 Å². The van der Waals surface area contributed by atoms with E-state index in [1.54, 1.807) is 0 Å². The van der Waals surface area contributed by atoms with Gasteiger partial charge in [-0.1, -0.05) is 0 Å². The average molecular weight is 524 g/mol. The van der Waals surface area contributed by atoms with Crippen LogP contribution < -0.4 is 0 Å². The minimum absolute atomic E-state index is 0.124. The first-order valence-corrected chi connectivity index (χ1v) is 12.5. The van der Waals surface area contributed by atoms with Crippen molar-refractivity contribution in [3.8, 4) is 0 Å². The van der Waals surface area contributed by atoms with Crippen LogP contribution in [0.1, 0.15) is 39.0 Å². The van der Waals surface area contributed by atoms with Gasteiger partial charge in [-0.05, 0) is 19.3 Å². The predicted molar refractivity (Wildman–Crippen MR) is 118 cm³/mol. The van der Waals surface area contributed by atoms with E-state index >= 15 is 0 Å². The van der Waals surface area contributed by atoms with Gasteiger partial charge in [-0.25, -0.2) is 0 Å². The highest BCUT2D eigenvalue weighted by Gasteiger charge is 2.55. The molecule has 13 atom stereocenters. The van der Waals surface area contributed by atoms with Crippen molar-refractivity contribution in [3.05, 3.63) is 0 Å². The standard InChI is InChI=1S/C23H38O13/c1-8(24)33-7-17-19(30)20(31)21(32)23(36-17)35-16-6-11-12(26)4-10(25)5-15(11)34-22(16)9-2-13(27)18(29)14(28)3-9/h9-23,25-32H,2-7H2,1H3/p+1. The van der Waals surface area contributed by atoms with Gasteiger partial charge in [-0.15, -0.1) is 0 Å². The molecule has 2 aliphatic heterocycles. The summed E-state index contributed by atoms with van der Waals surface area (Å²) < 4.78 is 21.5. The number of aliphatic hydroxyl groups is 10. The Bertz CT molecular complexity index is 742. The molecular formula is C23H39O13+. The molecule has 4 aliphatic rings. The highest BCUT2D eigenvalue weighted by atomic mass is 16.7. The van der Waals surface area contributed by atoms with Gasteiger partial charge >= 0.3 is 5.97 Å². The molecule has 4 rings (SSSR count). The van der Waals surface area contributed by atoms with Crippen LogP contribution in [0.5, 0.6) is 0 Å². The molecule has 2 saturated heterocycles. The first-order valence-electron chi connectivity index (χ1n) is 12.5. The monoisotopic (exact) mass is 523 g/mol. The van der Waals surface area contributed by atoms with Crippen molar-refractivity contribution < 1.29 is 64.6 Å². The first kappa shape index (κ1) is 28.0. The Hall–Kier alpha value is -0.970. The highest BCUT2D eigenvalue weighted by molar-refractivity contribution is 5.65. The Morgan fingerprint density at radius 3 is 2.14 bits per heavy atom. The van der Waals surface area contributed by atoms with Crippen LogP contribution >= 0.6 is 0 Å². The summed E-state index contributed by atoms with van der Waals surface area (Å²) in [4.78, 5) is 11.2. The lowest BCUT2D eigenvalue weighted by Gasteiger charge is -2.48. The molecular weight excluding hydrogens is 484 g/mol. The zero-order chi connectivity index (χ0) is 26.3. The van der Waals surface area contributed by atoms with Gasteiger partial charge < -0.3 is 59.8 Å². The molecule has 9 N–H and O–H groups in total. The van der Waals surface area contributed by atoms with Crippen LogP contribution in [0.15, 0.2) is 0 Å². The van der Waals surface area contributed by atoms with Crippen molar-refractivity contribution in [2.24, 2.45) is 11.8 Å². The molecule has 4 fully saturated rings.